The zero-order chi connectivity index (χ0) is 103. The fraction of sp³-hybridized carbons (Fsp3) is 0.642. The minimum atomic E-state index is -0.180. The van der Waals surface area contributed by atoms with Crippen molar-refractivity contribution in [1.82, 2.24) is 55.8 Å². The van der Waals surface area contributed by atoms with Crippen molar-refractivity contribution in [2.45, 2.75) is 291 Å². The monoisotopic (exact) mass is 2010 g/mol. The van der Waals surface area contributed by atoms with Gasteiger partial charge in [0.1, 0.15) is 0 Å². The van der Waals surface area contributed by atoms with Crippen molar-refractivity contribution >= 4 is 63.2 Å². The fourth-order valence-corrected chi connectivity index (χ4v) is 24.6. The average Bonchev–Trinajstić information content (AvgIpc) is 1.59. The lowest BCUT2D eigenvalue weighted by Gasteiger charge is -2.40. The van der Waals surface area contributed by atoms with E-state index in [1.54, 1.807) is 0 Å². The molecule has 5 spiro atoms. The Morgan fingerprint density at radius 2 is 0.469 bits per heavy atom. The number of nitrogens with one attached hydrogen (secondary N) is 3. The number of fused-ring (bicyclic) bond motifs is 3. The molecule has 0 radical (unpaired) electrons. The molecule has 2 aliphatic carbocycles. The van der Waals surface area contributed by atoms with Crippen LogP contribution in [-0.2, 0) is 28.6 Å². The number of aliphatic hydroxyl groups is 2. The standard InChI is InChI=1S/3C16H23N3O.2C15H22N2O.3C14H20N2O/c3*1-12(2)14-5-4-13(10-18-14)19-9-3-6-16(11-19)7-8-17-15(16)20;2*1-11(2)14-4-3-12(9-16-14)17-10-13(18)5-6-15(17)7-8-15;3*1-10(2)14-4-3-13(5-15-14)16-6-11-8-17-9-12(11)7-16/h3*4-5,10,12H,3,6-9,11H2,1-2H3,(H,17,20);2*3-4,9,11,13,18H,5-8,10H2,1-2H3;3*3-5,10-12H,6-9H2,1-2H3/t2*16-;;2*13-;2*11-,12+;/m10.10.../s1. The summed E-state index contributed by atoms with van der Waals surface area (Å²) in [5, 5.41) is 28.7. The Balaban J connectivity index is 0.000000115. The Bertz CT molecular complexity index is 5010. The van der Waals surface area contributed by atoms with Crippen LogP contribution in [0.15, 0.2) is 147 Å². The first kappa shape index (κ1) is 108. The van der Waals surface area contributed by atoms with Gasteiger partial charge in [-0.15, -0.1) is 0 Å². The van der Waals surface area contributed by atoms with Crippen molar-refractivity contribution in [3.8, 4) is 0 Å². The summed E-state index contributed by atoms with van der Waals surface area (Å²) in [6, 6.07) is 34.5. The number of anilines is 8. The van der Waals surface area contributed by atoms with Crippen molar-refractivity contribution in [2.24, 2.45) is 51.8 Å². The quantitative estimate of drug-likeness (QED) is 0.0601. The summed E-state index contributed by atoms with van der Waals surface area (Å²) in [7, 11) is 0. The van der Waals surface area contributed by atoms with Crippen LogP contribution in [-0.4, -0.2) is 242 Å². The molecule has 8 aromatic rings. The number of β-amino-alcohol motifs (C(OH)–C–C–N with tert-alkyl or cyclic N) is 2. The van der Waals surface area contributed by atoms with E-state index in [9.17, 15) is 24.6 Å². The SMILES string of the molecule is CC(C)c1ccc(N2CC3COCC3C2)cn1.CC(C)c1ccc(N2CCCC3(CCNC3=O)C2)cn1.CC(C)c1ccc(N2CCC[C@@]3(CCNC3=O)C2)cn1.CC(C)c1ccc(N2CCC[C@]3(CCNC3=O)C2)cn1.CC(C)c1ccc(N2C[C@@H](O)CCC23CC3)cn1.CC(C)c1ccc(N2C[C@H](O)CCC23CC3)cn1.CC(C)c1ccc(N2C[C@H]3COC[C@H]3C2)cn1.CC(C)c1ccc(N2C[C@H]3COC[C@H]3C2)cn1. The van der Waals surface area contributed by atoms with E-state index >= 15 is 0 Å². The van der Waals surface area contributed by atoms with Gasteiger partial charge in [0.15, 0.2) is 0 Å². The van der Waals surface area contributed by atoms with Crippen LogP contribution in [0.25, 0.3) is 0 Å². The number of aromatic nitrogens is 8. The molecule has 0 bridgehead atoms. The van der Waals surface area contributed by atoms with Crippen LogP contribution in [0.4, 0.5) is 45.5 Å². The van der Waals surface area contributed by atoms with Crippen molar-refractivity contribution in [3.05, 3.63) is 192 Å². The molecule has 3 amide bonds. The summed E-state index contributed by atoms with van der Waals surface area (Å²) in [5.41, 5.74) is 19.0. The summed E-state index contributed by atoms with van der Waals surface area (Å²) >= 11 is 0. The molecular weight excluding hydrogens is 1840 g/mol. The van der Waals surface area contributed by atoms with Gasteiger partial charge in [0, 0.05) is 203 Å². The first-order valence-corrected chi connectivity index (χ1v) is 56.4. The second-order valence-corrected chi connectivity index (χ2v) is 48.1. The maximum atomic E-state index is 12.1. The summed E-state index contributed by atoms with van der Waals surface area (Å²) in [5.74, 6) is 8.99. The molecule has 16 fully saturated rings. The maximum Gasteiger partial charge on any atom is 0.228 e. The van der Waals surface area contributed by atoms with Crippen LogP contribution >= 0.6 is 0 Å². The molecule has 22 heterocycles. The third-order valence-corrected chi connectivity index (χ3v) is 34.7. The van der Waals surface area contributed by atoms with Crippen LogP contribution in [0, 0.1) is 51.8 Å². The molecule has 14 aliphatic heterocycles. The van der Waals surface area contributed by atoms with Crippen molar-refractivity contribution in [1.29, 1.82) is 0 Å². The van der Waals surface area contributed by atoms with Gasteiger partial charge in [0.2, 0.25) is 17.7 Å². The lowest BCUT2D eigenvalue weighted by molar-refractivity contribution is -0.128. The second-order valence-electron chi connectivity index (χ2n) is 48.1. The van der Waals surface area contributed by atoms with Gasteiger partial charge in [-0.25, -0.2) is 0 Å². The summed E-state index contributed by atoms with van der Waals surface area (Å²) in [6.45, 7) is 56.7. The Labute approximate surface area is 877 Å². The third-order valence-electron chi connectivity index (χ3n) is 34.7. The first-order valence-electron chi connectivity index (χ1n) is 56.4. The van der Waals surface area contributed by atoms with Crippen LogP contribution in [0.5, 0.6) is 0 Å². The maximum absolute atomic E-state index is 12.1. The Morgan fingerprint density at radius 3 is 0.646 bits per heavy atom. The number of rotatable bonds is 16. The van der Waals surface area contributed by atoms with E-state index < -0.39 is 0 Å². The highest BCUT2D eigenvalue weighted by Gasteiger charge is 2.54. The summed E-state index contributed by atoms with van der Waals surface area (Å²) < 4.78 is 16.5. The number of aliphatic hydroxyl groups excluding tert-OH is 2. The number of pyridine rings is 8. The largest absolute Gasteiger partial charge is 0.391 e. The van der Waals surface area contributed by atoms with E-state index in [2.05, 4.69) is 303 Å². The molecule has 8 aromatic heterocycles. The number of nitrogens with zero attached hydrogens (tertiary/aromatic N) is 16. The van der Waals surface area contributed by atoms with Gasteiger partial charge < -0.3 is 79.6 Å². The molecule has 147 heavy (non-hydrogen) atoms. The molecule has 11 atom stereocenters. The van der Waals surface area contributed by atoms with Gasteiger partial charge >= 0.3 is 0 Å². The van der Waals surface area contributed by atoms with Gasteiger partial charge in [0.05, 0.1) is 163 Å². The van der Waals surface area contributed by atoms with E-state index in [4.69, 9.17) is 14.2 Å². The van der Waals surface area contributed by atoms with Crippen molar-refractivity contribution in [3.63, 3.8) is 0 Å². The van der Waals surface area contributed by atoms with Gasteiger partial charge in [-0.05, 0) is 254 Å². The molecule has 14 saturated heterocycles. The Kier molecular flexibility index (Phi) is 35.3. The summed E-state index contributed by atoms with van der Waals surface area (Å²) in [4.78, 5) is 91.8. The number of hydrogen-bond acceptors (Lipinski definition) is 24. The lowest BCUT2D eigenvalue weighted by Crippen LogP contribution is -2.47. The number of carbonyl (C=O) groups excluding carboxylic acids is 3. The van der Waals surface area contributed by atoms with E-state index in [1.165, 1.54) is 71.2 Å². The number of amides is 3. The average molecular weight is 2010 g/mol. The van der Waals surface area contributed by atoms with E-state index in [-0.39, 0.29) is 46.2 Å². The molecule has 796 valence electrons. The number of ether oxygens (including phenoxy) is 3. The molecule has 2 saturated carbocycles. The van der Waals surface area contributed by atoms with Gasteiger partial charge in [-0.2, -0.15) is 0 Å². The topological polar surface area (TPSA) is 284 Å². The molecular formula is C120H173N19O8. The van der Waals surface area contributed by atoms with E-state index in [0.717, 1.165) is 315 Å². The molecule has 0 aromatic carbocycles. The predicted octanol–water partition coefficient (Wildman–Crippen LogP) is 19.2. The zero-order valence-electron chi connectivity index (χ0n) is 91.4. The second kappa shape index (κ2) is 48.0. The van der Waals surface area contributed by atoms with Crippen molar-refractivity contribution in [2.75, 3.05) is 190 Å². The van der Waals surface area contributed by atoms with Crippen LogP contribution in [0.3, 0.4) is 0 Å². The number of carbonyl (C=O) groups is 3. The minimum Gasteiger partial charge on any atom is -0.391 e. The molecule has 27 heteroatoms. The Hall–Kier alpha value is -10.2. The number of piperidine rings is 5. The van der Waals surface area contributed by atoms with Gasteiger partial charge in [-0.3, -0.25) is 54.3 Å². The van der Waals surface area contributed by atoms with Crippen LogP contribution in [0.1, 0.15) is 313 Å². The normalized spacial score (nSPS) is 26.7. The third kappa shape index (κ3) is 26.2. The zero-order valence-corrected chi connectivity index (χ0v) is 91.4. The van der Waals surface area contributed by atoms with Crippen molar-refractivity contribution < 1.29 is 38.8 Å². The predicted molar refractivity (Wildman–Crippen MR) is 590 cm³/mol. The minimum absolute atomic E-state index is 0.158. The van der Waals surface area contributed by atoms with E-state index in [1.807, 2.05) is 49.6 Å². The highest BCUT2D eigenvalue weighted by molar-refractivity contribution is 5.87. The van der Waals surface area contributed by atoms with Crippen LogP contribution in [0.2, 0.25) is 0 Å². The van der Waals surface area contributed by atoms with Gasteiger partial charge in [0.25, 0.3) is 0 Å². The van der Waals surface area contributed by atoms with Gasteiger partial charge in [-0.1, -0.05) is 111 Å². The lowest BCUT2D eigenvalue weighted by atomic mass is 9.78. The highest BCUT2D eigenvalue weighted by atomic mass is 16.5. The molecule has 27 nitrogen and oxygen atoms in total. The molecule has 3 unspecified atom stereocenters. The Morgan fingerprint density at radius 1 is 0.265 bits per heavy atom. The molecule has 24 rings (SSSR count). The van der Waals surface area contributed by atoms with Crippen LogP contribution < -0.4 is 55.1 Å². The van der Waals surface area contributed by atoms with E-state index in [0.29, 0.717) is 58.4 Å². The first-order chi connectivity index (χ1) is 70.7. The highest BCUT2D eigenvalue weighted by Crippen LogP contribution is 2.53. The molecule has 5 N–H and O–H groups in total. The fourth-order valence-electron chi connectivity index (χ4n) is 24.6. The smallest absolute Gasteiger partial charge is 0.228 e. The number of hydrogen-bond donors (Lipinski definition) is 5. The molecule has 16 aliphatic rings. The summed E-state index contributed by atoms with van der Waals surface area (Å²) in [6.07, 6.45) is 34.0.